The Morgan fingerprint density at radius 3 is 1.94 bits per heavy atom. The van der Waals surface area contributed by atoms with E-state index in [-0.39, 0.29) is 11.3 Å². The molecule has 0 heterocycles. The van der Waals surface area contributed by atoms with Gasteiger partial charge in [0.15, 0.2) is 0 Å². The second kappa shape index (κ2) is 5.31. The molecule has 0 radical (unpaired) electrons. The van der Waals surface area contributed by atoms with Gasteiger partial charge < -0.3 is 9.84 Å². The van der Waals surface area contributed by atoms with Crippen LogP contribution in [0.3, 0.4) is 0 Å². The Kier molecular flexibility index (Phi) is 4.44. The molecule has 0 saturated carbocycles. The minimum Gasteiger partial charge on any atom is -0.491 e. The van der Waals surface area contributed by atoms with Crippen LogP contribution in [-0.4, -0.2) is 17.3 Å². The van der Waals surface area contributed by atoms with Crippen molar-refractivity contribution < 1.29 is 9.84 Å². The fourth-order valence-corrected chi connectivity index (χ4v) is 1.45. The molecule has 0 spiro atoms. The maximum Gasteiger partial charge on any atom is 0.119 e. The van der Waals surface area contributed by atoms with E-state index in [1.54, 1.807) is 6.92 Å². The third-order valence-electron chi connectivity index (χ3n) is 3.50. The zero-order valence-corrected chi connectivity index (χ0v) is 12.4. The van der Waals surface area contributed by atoms with Crippen LogP contribution >= 0.6 is 0 Å². The summed E-state index contributed by atoms with van der Waals surface area (Å²) >= 11 is 0. The van der Waals surface area contributed by atoms with E-state index < -0.39 is 5.60 Å². The Hall–Kier alpha value is -1.02. The van der Waals surface area contributed by atoms with Crippen molar-refractivity contribution in [3.8, 4) is 5.75 Å². The molecule has 0 fully saturated rings. The second-order valence-corrected chi connectivity index (χ2v) is 6.57. The number of ether oxygens (including phenoxy) is 1. The lowest BCUT2D eigenvalue weighted by molar-refractivity contribution is -0.0266. The molecule has 0 aliphatic carbocycles. The summed E-state index contributed by atoms with van der Waals surface area (Å²) in [5.41, 5.74) is 0.649. The van der Waals surface area contributed by atoms with Gasteiger partial charge in [-0.1, -0.05) is 46.8 Å². The summed E-state index contributed by atoms with van der Waals surface area (Å²) in [6, 6.07) is 8.10. The number of benzene rings is 1. The molecule has 1 atom stereocenters. The molecule has 0 saturated heterocycles. The fraction of sp³-hybridized carbons (Fsp3) is 0.625. The molecule has 0 aromatic heterocycles. The largest absolute Gasteiger partial charge is 0.491 e. The van der Waals surface area contributed by atoms with E-state index in [1.165, 1.54) is 5.56 Å². The minimum absolute atomic E-state index is 0.155. The predicted molar refractivity (Wildman–Crippen MR) is 76.1 cm³/mol. The SMILES string of the molecule is CC(C)C(C)(O)COc1ccc(C(C)(C)C)cc1. The number of aliphatic hydroxyl groups is 1. The van der Waals surface area contributed by atoms with Gasteiger partial charge in [-0.15, -0.1) is 0 Å². The number of hydrogen-bond donors (Lipinski definition) is 1. The second-order valence-electron chi connectivity index (χ2n) is 6.57. The quantitative estimate of drug-likeness (QED) is 0.881. The van der Waals surface area contributed by atoms with Gasteiger partial charge in [0.25, 0.3) is 0 Å². The zero-order chi connectivity index (χ0) is 14.0. The smallest absolute Gasteiger partial charge is 0.119 e. The van der Waals surface area contributed by atoms with Crippen LogP contribution in [0.15, 0.2) is 24.3 Å². The van der Waals surface area contributed by atoms with E-state index in [2.05, 4.69) is 32.9 Å². The molecule has 18 heavy (non-hydrogen) atoms. The predicted octanol–water partition coefficient (Wildman–Crippen LogP) is 3.77. The number of hydrogen-bond acceptors (Lipinski definition) is 2. The van der Waals surface area contributed by atoms with Crippen LogP contribution in [0.2, 0.25) is 0 Å². The van der Waals surface area contributed by atoms with Gasteiger partial charge >= 0.3 is 0 Å². The van der Waals surface area contributed by atoms with Gasteiger partial charge in [0.05, 0.1) is 5.60 Å². The van der Waals surface area contributed by atoms with Crippen LogP contribution < -0.4 is 4.74 Å². The summed E-state index contributed by atoms with van der Waals surface area (Å²) < 4.78 is 5.65. The van der Waals surface area contributed by atoms with Crippen molar-refractivity contribution in [3.63, 3.8) is 0 Å². The molecule has 1 aromatic rings. The minimum atomic E-state index is -0.789. The van der Waals surface area contributed by atoms with E-state index >= 15 is 0 Å². The van der Waals surface area contributed by atoms with Crippen molar-refractivity contribution in [2.75, 3.05) is 6.61 Å². The molecule has 1 unspecified atom stereocenters. The molecule has 1 rings (SSSR count). The molecule has 0 aliphatic heterocycles. The summed E-state index contributed by atoms with van der Waals surface area (Å²) in [5.74, 6) is 0.982. The van der Waals surface area contributed by atoms with E-state index in [4.69, 9.17) is 4.74 Å². The third kappa shape index (κ3) is 4.02. The van der Waals surface area contributed by atoms with Crippen molar-refractivity contribution in [2.45, 2.75) is 52.6 Å². The highest BCUT2D eigenvalue weighted by molar-refractivity contribution is 5.31. The highest BCUT2D eigenvalue weighted by Crippen LogP contribution is 2.25. The molecule has 1 N–H and O–H groups in total. The molecule has 2 heteroatoms. The van der Waals surface area contributed by atoms with Crippen LogP contribution in [0, 0.1) is 5.92 Å². The van der Waals surface area contributed by atoms with Gasteiger partial charge in [-0.3, -0.25) is 0 Å². The lowest BCUT2D eigenvalue weighted by Crippen LogP contribution is -2.37. The van der Waals surface area contributed by atoms with Gasteiger partial charge in [0.2, 0.25) is 0 Å². The highest BCUT2D eigenvalue weighted by Gasteiger charge is 2.25. The van der Waals surface area contributed by atoms with Crippen molar-refractivity contribution in [1.82, 2.24) is 0 Å². The van der Waals surface area contributed by atoms with Crippen molar-refractivity contribution in [2.24, 2.45) is 5.92 Å². The molecule has 0 amide bonds. The van der Waals surface area contributed by atoms with Gasteiger partial charge in [0.1, 0.15) is 12.4 Å². The van der Waals surface area contributed by atoms with E-state index in [9.17, 15) is 5.11 Å². The first-order valence-electron chi connectivity index (χ1n) is 6.58. The Morgan fingerprint density at radius 1 is 1.06 bits per heavy atom. The van der Waals surface area contributed by atoms with Crippen LogP contribution in [0.1, 0.15) is 47.1 Å². The molecule has 0 aliphatic rings. The number of rotatable bonds is 4. The van der Waals surface area contributed by atoms with Crippen molar-refractivity contribution in [1.29, 1.82) is 0 Å². The Balaban J connectivity index is 2.65. The lowest BCUT2D eigenvalue weighted by atomic mass is 9.87. The Labute approximate surface area is 111 Å². The molecular weight excluding hydrogens is 224 g/mol. The maximum atomic E-state index is 10.1. The van der Waals surface area contributed by atoms with Crippen LogP contribution in [-0.2, 0) is 5.41 Å². The topological polar surface area (TPSA) is 29.5 Å². The maximum absolute atomic E-state index is 10.1. The summed E-state index contributed by atoms with van der Waals surface area (Å²) in [4.78, 5) is 0. The molecule has 0 bridgehead atoms. The van der Waals surface area contributed by atoms with Gasteiger partial charge in [-0.2, -0.15) is 0 Å². The van der Waals surface area contributed by atoms with E-state index in [0.717, 1.165) is 5.75 Å². The van der Waals surface area contributed by atoms with Crippen LogP contribution in [0.5, 0.6) is 5.75 Å². The van der Waals surface area contributed by atoms with Gasteiger partial charge in [-0.05, 0) is 36.0 Å². The van der Waals surface area contributed by atoms with Gasteiger partial charge in [-0.25, -0.2) is 0 Å². The standard InChI is InChI=1S/C16H26O2/c1-12(2)16(6,17)11-18-14-9-7-13(8-10-14)15(3,4)5/h7-10,12,17H,11H2,1-6H3. The Bertz CT molecular complexity index is 369. The average molecular weight is 250 g/mol. The molecule has 1 aromatic carbocycles. The summed E-state index contributed by atoms with van der Waals surface area (Å²) in [6.45, 7) is 12.7. The average Bonchev–Trinajstić information content (AvgIpc) is 2.25. The van der Waals surface area contributed by atoms with E-state index in [1.807, 2.05) is 26.0 Å². The first kappa shape index (κ1) is 15.0. The zero-order valence-electron chi connectivity index (χ0n) is 12.4. The molecule has 102 valence electrons. The highest BCUT2D eigenvalue weighted by atomic mass is 16.5. The van der Waals surface area contributed by atoms with Crippen LogP contribution in [0.25, 0.3) is 0 Å². The summed E-state index contributed by atoms with van der Waals surface area (Å²) in [5, 5.41) is 10.1. The first-order valence-corrected chi connectivity index (χ1v) is 6.58. The van der Waals surface area contributed by atoms with Crippen LogP contribution in [0.4, 0.5) is 0 Å². The van der Waals surface area contributed by atoms with Gasteiger partial charge in [0, 0.05) is 0 Å². The van der Waals surface area contributed by atoms with E-state index in [0.29, 0.717) is 6.61 Å². The third-order valence-corrected chi connectivity index (χ3v) is 3.50. The normalized spacial score (nSPS) is 15.6. The Morgan fingerprint density at radius 2 is 1.56 bits per heavy atom. The monoisotopic (exact) mass is 250 g/mol. The van der Waals surface area contributed by atoms with Crippen molar-refractivity contribution >= 4 is 0 Å². The molecular formula is C16H26O2. The summed E-state index contributed by atoms with van der Waals surface area (Å²) in [7, 11) is 0. The van der Waals surface area contributed by atoms with Crippen molar-refractivity contribution in [3.05, 3.63) is 29.8 Å². The summed E-state index contributed by atoms with van der Waals surface area (Å²) in [6.07, 6.45) is 0. The molecule has 2 nitrogen and oxygen atoms in total. The lowest BCUT2D eigenvalue weighted by Gasteiger charge is -2.27. The fourth-order valence-electron chi connectivity index (χ4n) is 1.45. The first-order chi connectivity index (χ1) is 8.13.